The number of carbonyl (C=O) groups is 2. The first kappa shape index (κ1) is 24.3. The van der Waals surface area contributed by atoms with Gasteiger partial charge in [0, 0.05) is 19.5 Å². The minimum Gasteiger partial charge on any atom is -0.444 e. The molecule has 8 nitrogen and oxygen atoms in total. The molecule has 0 spiro atoms. The Morgan fingerprint density at radius 1 is 1.18 bits per heavy atom. The summed E-state index contributed by atoms with van der Waals surface area (Å²) in [7, 11) is -0.678. The molecule has 2 atom stereocenters. The van der Waals surface area contributed by atoms with E-state index in [0.717, 1.165) is 5.56 Å². The zero-order chi connectivity index (χ0) is 24.3. The highest BCUT2D eigenvalue weighted by atomic mass is 35.5. The van der Waals surface area contributed by atoms with Gasteiger partial charge in [-0.2, -0.15) is 0 Å². The van der Waals surface area contributed by atoms with Gasteiger partial charge in [0.2, 0.25) is 5.91 Å². The van der Waals surface area contributed by atoms with Crippen LogP contribution in [0.1, 0.15) is 72.9 Å². The average Bonchev–Trinajstić information content (AvgIpc) is 3.15. The van der Waals surface area contributed by atoms with Crippen LogP contribution in [-0.2, 0) is 18.8 Å². The molecule has 0 aromatic carbocycles. The normalized spacial score (nSPS) is 26.5. The topological polar surface area (TPSA) is 81.2 Å². The second-order valence-corrected chi connectivity index (χ2v) is 11.5. The standard InChI is InChI=1S/C23H33BClN3O5/c1-21(2,3)31-20(30)27-12-15-8-9-19(29)28(15)16(13-27)14-10-17(26-18(25)11-14)24-32-22(4,5)23(6,7)33-24/h10-11,15-16H,8-9,12-13H2,1-7H3/t15-,16?/m1/s1. The van der Waals surface area contributed by atoms with E-state index >= 15 is 0 Å². The lowest BCUT2D eigenvalue weighted by Crippen LogP contribution is -2.55. The predicted octanol–water partition coefficient (Wildman–Crippen LogP) is 3.32. The Balaban J connectivity index is 1.66. The summed E-state index contributed by atoms with van der Waals surface area (Å²) in [6.07, 6.45) is 0.793. The fourth-order valence-electron chi connectivity index (χ4n) is 4.55. The second-order valence-electron chi connectivity index (χ2n) is 11.1. The number of pyridine rings is 1. The Hall–Kier alpha value is -1.84. The molecule has 33 heavy (non-hydrogen) atoms. The van der Waals surface area contributed by atoms with Crippen molar-refractivity contribution in [3.05, 3.63) is 22.8 Å². The number of ether oxygens (including phenoxy) is 1. The zero-order valence-electron chi connectivity index (χ0n) is 20.5. The van der Waals surface area contributed by atoms with E-state index in [4.69, 9.17) is 25.6 Å². The van der Waals surface area contributed by atoms with Gasteiger partial charge in [-0.05, 0) is 72.6 Å². The van der Waals surface area contributed by atoms with E-state index in [9.17, 15) is 9.59 Å². The number of carbonyl (C=O) groups excluding carboxylic acids is 2. The van der Waals surface area contributed by atoms with Gasteiger partial charge in [-0.3, -0.25) is 4.79 Å². The number of nitrogens with zero attached hydrogens (tertiary/aromatic N) is 3. The van der Waals surface area contributed by atoms with Crippen LogP contribution in [0.15, 0.2) is 12.1 Å². The fourth-order valence-corrected chi connectivity index (χ4v) is 4.78. The molecule has 0 aliphatic carbocycles. The minimum absolute atomic E-state index is 0.0593. The fraction of sp³-hybridized carbons (Fsp3) is 0.696. The average molecular weight is 478 g/mol. The summed E-state index contributed by atoms with van der Waals surface area (Å²) in [5, 5.41) is 0.287. The molecule has 4 heterocycles. The van der Waals surface area contributed by atoms with Crippen molar-refractivity contribution in [2.45, 2.75) is 90.2 Å². The number of rotatable bonds is 2. The molecule has 2 amide bonds. The van der Waals surface area contributed by atoms with Crippen molar-refractivity contribution in [3.8, 4) is 0 Å². The molecule has 3 aliphatic rings. The quantitative estimate of drug-likeness (QED) is 0.480. The molecule has 1 aromatic rings. The zero-order valence-corrected chi connectivity index (χ0v) is 21.2. The third-order valence-electron chi connectivity index (χ3n) is 6.90. The van der Waals surface area contributed by atoms with Crippen molar-refractivity contribution in [2.24, 2.45) is 0 Å². The lowest BCUT2D eigenvalue weighted by molar-refractivity contribution is -0.134. The van der Waals surface area contributed by atoms with Gasteiger partial charge in [0.25, 0.3) is 0 Å². The molecule has 3 aliphatic heterocycles. The van der Waals surface area contributed by atoms with E-state index in [1.54, 1.807) is 11.0 Å². The lowest BCUT2D eigenvalue weighted by Gasteiger charge is -2.44. The minimum atomic E-state index is -0.678. The van der Waals surface area contributed by atoms with Gasteiger partial charge >= 0.3 is 13.2 Å². The number of halogens is 1. The molecule has 0 saturated carbocycles. The maximum absolute atomic E-state index is 12.9. The van der Waals surface area contributed by atoms with E-state index in [0.29, 0.717) is 31.5 Å². The molecule has 3 fully saturated rings. The van der Waals surface area contributed by atoms with Gasteiger partial charge in [0.15, 0.2) is 0 Å². The third kappa shape index (κ3) is 4.72. The van der Waals surface area contributed by atoms with Crippen molar-refractivity contribution >= 4 is 36.3 Å². The van der Waals surface area contributed by atoms with Crippen LogP contribution in [-0.4, -0.2) is 69.8 Å². The molecular formula is C23H33BClN3O5. The van der Waals surface area contributed by atoms with E-state index in [2.05, 4.69) is 4.98 Å². The van der Waals surface area contributed by atoms with Crippen molar-refractivity contribution < 1.29 is 23.6 Å². The van der Waals surface area contributed by atoms with Gasteiger partial charge in [-0.15, -0.1) is 0 Å². The first-order valence-corrected chi connectivity index (χ1v) is 11.9. The van der Waals surface area contributed by atoms with Gasteiger partial charge in [-0.25, -0.2) is 9.78 Å². The summed E-state index contributed by atoms with van der Waals surface area (Å²) in [5.41, 5.74) is -0.284. The Bertz CT molecular complexity index is 948. The summed E-state index contributed by atoms with van der Waals surface area (Å²) in [6.45, 7) is 14.2. The van der Waals surface area contributed by atoms with E-state index < -0.39 is 23.9 Å². The molecule has 1 unspecified atom stereocenters. The van der Waals surface area contributed by atoms with E-state index in [1.807, 2.05) is 59.4 Å². The Morgan fingerprint density at radius 2 is 1.82 bits per heavy atom. The summed E-state index contributed by atoms with van der Waals surface area (Å²) in [4.78, 5) is 33.7. The predicted molar refractivity (Wildman–Crippen MR) is 125 cm³/mol. The molecule has 0 N–H and O–H groups in total. The van der Waals surface area contributed by atoms with Crippen LogP contribution in [0.4, 0.5) is 4.79 Å². The number of amides is 2. The van der Waals surface area contributed by atoms with Gasteiger partial charge < -0.3 is 23.8 Å². The Labute approximate surface area is 201 Å². The molecular weight excluding hydrogens is 445 g/mol. The van der Waals surface area contributed by atoms with E-state index in [1.165, 1.54) is 0 Å². The summed E-state index contributed by atoms with van der Waals surface area (Å²) >= 11 is 6.42. The molecule has 0 bridgehead atoms. The van der Waals surface area contributed by atoms with Crippen molar-refractivity contribution in [2.75, 3.05) is 13.1 Å². The SMILES string of the molecule is CC(C)(C)OC(=O)N1CC(c2cc(Cl)nc(B3OC(C)(C)C(C)(C)O3)c2)N2C(=O)CC[C@@H]2C1. The van der Waals surface area contributed by atoms with Gasteiger partial charge in [-0.1, -0.05) is 11.6 Å². The smallest absolute Gasteiger partial charge is 0.444 e. The second kappa shape index (κ2) is 8.13. The van der Waals surface area contributed by atoms with Crippen LogP contribution >= 0.6 is 11.6 Å². The highest BCUT2D eigenvalue weighted by Gasteiger charge is 2.53. The molecule has 180 valence electrons. The van der Waals surface area contributed by atoms with Crippen LogP contribution in [0, 0.1) is 0 Å². The van der Waals surface area contributed by atoms with Crippen LogP contribution in [0.3, 0.4) is 0 Å². The summed E-state index contributed by atoms with van der Waals surface area (Å²) in [6, 6.07) is 3.21. The first-order chi connectivity index (χ1) is 15.2. The van der Waals surface area contributed by atoms with Crippen LogP contribution < -0.4 is 5.59 Å². The lowest BCUT2D eigenvalue weighted by atomic mass is 9.82. The number of fused-ring (bicyclic) bond motifs is 1. The monoisotopic (exact) mass is 477 g/mol. The van der Waals surface area contributed by atoms with Crippen molar-refractivity contribution in [1.82, 2.24) is 14.8 Å². The molecule has 10 heteroatoms. The first-order valence-electron chi connectivity index (χ1n) is 11.5. The van der Waals surface area contributed by atoms with Crippen LogP contribution in [0.5, 0.6) is 0 Å². The molecule has 3 saturated heterocycles. The number of hydrogen-bond donors (Lipinski definition) is 0. The number of aromatic nitrogens is 1. The Kier molecular flexibility index (Phi) is 5.99. The van der Waals surface area contributed by atoms with Gasteiger partial charge in [0.05, 0.1) is 28.9 Å². The summed E-state index contributed by atoms with van der Waals surface area (Å²) < 4.78 is 17.9. The largest absolute Gasteiger partial charge is 0.514 e. The third-order valence-corrected chi connectivity index (χ3v) is 7.09. The van der Waals surface area contributed by atoms with E-state index in [-0.39, 0.29) is 29.2 Å². The summed E-state index contributed by atoms with van der Waals surface area (Å²) in [5.74, 6) is 0.0824. The molecule has 1 aromatic heterocycles. The maximum Gasteiger partial charge on any atom is 0.514 e. The highest BCUT2D eigenvalue weighted by Crippen LogP contribution is 2.38. The van der Waals surface area contributed by atoms with Crippen LogP contribution in [0.2, 0.25) is 5.15 Å². The molecule has 4 rings (SSSR count). The van der Waals surface area contributed by atoms with Crippen molar-refractivity contribution in [3.63, 3.8) is 0 Å². The number of piperazine rings is 1. The molecule has 0 radical (unpaired) electrons. The Morgan fingerprint density at radius 3 is 2.42 bits per heavy atom. The maximum atomic E-state index is 12.9. The van der Waals surface area contributed by atoms with Crippen LogP contribution in [0.25, 0.3) is 0 Å². The number of hydrogen-bond acceptors (Lipinski definition) is 6. The highest BCUT2D eigenvalue weighted by molar-refractivity contribution is 6.61. The van der Waals surface area contributed by atoms with Crippen molar-refractivity contribution in [1.29, 1.82) is 0 Å². The van der Waals surface area contributed by atoms with Gasteiger partial charge in [0.1, 0.15) is 10.8 Å².